The molecule has 1 aliphatic heterocycles. The van der Waals surface area contributed by atoms with Gasteiger partial charge in [0, 0.05) is 12.1 Å². The van der Waals surface area contributed by atoms with Crippen LogP contribution in [0.1, 0.15) is 0 Å². The first-order chi connectivity index (χ1) is 6.96. The van der Waals surface area contributed by atoms with Crippen molar-refractivity contribution in [2.45, 2.75) is 0 Å². The van der Waals surface area contributed by atoms with Gasteiger partial charge < -0.3 is 13.7 Å². The van der Waals surface area contributed by atoms with Crippen LogP contribution in [0.4, 0.5) is 0 Å². The van der Waals surface area contributed by atoms with Gasteiger partial charge in [-0.3, -0.25) is 0 Å². The summed E-state index contributed by atoms with van der Waals surface area (Å²) < 4.78 is 35.8. The van der Waals surface area contributed by atoms with Crippen molar-refractivity contribution >= 4 is 21.9 Å². The molecule has 0 fully saturated rings. The van der Waals surface area contributed by atoms with E-state index in [0.717, 1.165) is 0 Å². The van der Waals surface area contributed by atoms with E-state index in [2.05, 4.69) is 4.18 Å². The van der Waals surface area contributed by atoms with Crippen molar-refractivity contribution in [3.63, 3.8) is 0 Å². The first-order valence-corrected chi connectivity index (χ1v) is 5.62. The average molecular weight is 252 g/mol. The van der Waals surface area contributed by atoms with E-state index in [1.165, 1.54) is 12.1 Å². The molecule has 0 saturated carbocycles. The number of nitrogens with two attached hydrogens (primary N) is 1. The van der Waals surface area contributed by atoms with Crippen LogP contribution in [0.25, 0.3) is 0 Å². The van der Waals surface area contributed by atoms with Gasteiger partial charge in [0.05, 0.1) is 5.02 Å². The first-order valence-electron chi connectivity index (χ1n) is 3.77. The molecule has 8 heteroatoms. The van der Waals surface area contributed by atoms with Crippen LogP contribution in [0.3, 0.4) is 0 Å². The van der Waals surface area contributed by atoms with Gasteiger partial charge in [-0.05, 0) is 0 Å². The molecule has 6 nitrogen and oxygen atoms in total. The lowest BCUT2D eigenvalue weighted by Crippen LogP contribution is -2.18. The molecule has 2 N–H and O–H groups in total. The monoisotopic (exact) mass is 251 g/mol. The summed E-state index contributed by atoms with van der Waals surface area (Å²) in [7, 11) is -4.07. The fourth-order valence-corrected chi connectivity index (χ4v) is 1.75. The molecule has 0 unspecified atom stereocenters. The summed E-state index contributed by atoms with van der Waals surface area (Å²) in [5.74, 6) is 0.659. The smallest absolute Gasteiger partial charge is 0.380 e. The zero-order valence-electron chi connectivity index (χ0n) is 7.27. The third-order valence-electron chi connectivity index (χ3n) is 1.61. The number of benzene rings is 1. The summed E-state index contributed by atoms with van der Waals surface area (Å²) in [6.07, 6.45) is 0. The van der Waals surface area contributed by atoms with Gasteiger partial charge in [0.25, 0.3) is 0 Å². The minimum Gasteiger partial charge on any atom is -0.453 e. The quantitative estimate of drug-likeness (QED) is 0.834. The lowest BCUT2D eigenvalue weighted by atomic mass is 10.3. The van der Waals surface area contributed by atoms with Gasteiger partial charge in [-0.1, -0.05) is 11.6 Å². The maximum Gasteiger partial charge on any atom is 0.380 e. The SMILES string of the molecule is NS(=O)(=O)Oc1cc(Cl)c2c(c1)OCO2. The Hall–Kier alpha value is -1.18. The number of hydrogen-bond donors (Lipinski definition) is 1. The van der Waals surface area contributed by atoms with E-state index < -0.39 is 10.3 Å². The Bertz CT molecular complexity index is 500. The van der Waals surface area contributed by atoms with E-state index in [1.807, 2.05) is 0 Å². The van der Waals surface area contributed by atoms with Crippen molar-refractivity contribution in [3.05, 3.63) is 17.2 Å². The molecule has 0 spiro atoms. The summed E-state index contributed by atoms with van der Waals surface area (Å²) in [6, 6.07) is 2.61. The number of rotatable bonds is 2. The van der Waals surface area contributed by atoms with Gasteiger partial charge in [-0.15, -0.1) is 0 Å². The molecule has 1 aliphatic rings. The molecular weight excluding hydrogens is 246 g/mol. The highest BCUT2D eigenvalue weighted by molar-refractivity contribution is 7.84. The second-order valence-electron chi connectivity index (χ2n) is 2.72. The van der Waals surface area contributed by atoms with Gasteiger partial charge in [0.1, 0.15) is 5.75 Å². The van der Waals surface area contributed by atoms with E-state index in [9.17, 15) is 8.42 Å². The summed E-state index contributed by atoms with van der Waals surface area (Å²) in [6.45, 7) is 0.0356. The molecule has 0 atom stereocenters. The number of ether oxygens (including phenoxy) is 2. The van der Waals surface area contributed by atoms with Crippen molar-refractivity contribution in [2.75, 3.05) is 6.79 Å². The molecule has 15 heavy (non-hydrogen) atoms. The highest BCUT2D eigenvalue weighted by Crippen LogP contribution is 2.42. The molecule has 2 rings (SSSR count). The van der Waals surface area contributed by atoms with Crippen LogP contribution in [-0.2, 0) is 10.3 Å². The van der Waals surface area contributed by atoms with Gasteiger partial charge >= 0.3 is 10.3 Å². The number of hydrogen-bond acceptors (Lipinski definition) is 5. The first kappa shape index (κ1) is 10.3. The Morgan fingerprint density at radius 3 is 2.80 bits per heavy atom. The minimum atomic E-state index is -4.07. The van der Waals surface area contributed by atoms with E-state index >= 15 is 0 Å². The molecule has 0 radical (unpaired) electrons. The van der Waals surface area contributed by atoms with Gasteiger partial charge in [0.15, 0.2) is 11.5 Å². The average Bonchev–Trinajstić information content (AvgIpc) is 2.48. The molecule has 0 amide bonds. The fourth-order valence-electron chi connectivity index (χ4n) is 1.13. The molecule has 0 aromatic heterocycles. The zero-order valence-corrected chi connectivity index (χ0v) is 8.84. The van der Waals surface area contributed by atoms with E-state index in [-0.39, 0.29) is 17.6 Å². The van der Waals surface area contributed by atoms with Crippen LogP contribution in [0.2, 0.25) is 5.02 Å². The zero-order chi connectivity index (χ0) is 11.1. The van der Waals surface area contributed by atoms with Crippen LogP contribution >= 0.6 is 11.6 Å². The molecule has 0 aliphatic carbocycles. The number of halogens is 1. The van der Waals surface area contributed by atoms with E-state index in [1.54, 1.807) is 0 Å². The third kappa shape index (κ3) is 2.25. The molecular formula is C7H6ClNO5S. The standard InChI is InChI=1S/C7H6ClNO5S/c8-5-1-4(14-15(9,10)11)2-6-7(5)13-3-12-6/h1-2H,3H2,(H2,9,10,11). The van der Waals surface area contributed by atoms with Crippen molar-refractivity contribution in [1.29, 1.82) is 0 Å². The predicted octanol–water partition coefficient (Wildman–Crippen LogP) is 0.651. The van der Waals surface area contributed by atoms with Crippen molar-refractivity contribution in [1.82, 2.24) is 0 Å². The van der Waals surface area contributed by atoms with Crippen LogP contribution in [0.5, 0.6) is 17.2 Å². The second-order valence-corrected chi connectivity index (χ2v) is 4.27. The summed E-state index contributed by atoms with van der Waals surface area (Å²) in [5.41, 5.74) is 0. The van der Waals surface area contributed by atoms with Crippen molar-refractivity contribution in [2.24, 2.45) is 5.14 Å². The molecule has 0 bridgehead atoms. The predicted molar refractivity (Wildman–Crippen MR) is 51.3 cm³/mol. The Balaban J connectivity index is 2.40. The van der Waals surface area contributed by atoms with E-state index in [4.69, 9.17) is 26.2 Å². The largest absolute Gasteiger partial charge is 0.453 e. The molecule has 82 valence electrons. The lowest BCUT2D eigenvalue weighted by Gasteiger charge is -2.04. The second kappa shape index (κ2) is 3.44. The van der Waals surface area contributed by atoms with Crippen molar-refractivity contribution in [3.8, 4) is 17.2 Å². The van der Waals surface area contributed by atoms with Gasteiger partial charge in [0.2, 0.25) is 6.79 Å². The molecule has 1 aromatic rings. The molecule has 1 heterocycles. The lowest BCUT2D eigenvalue weighted by molar-refractivity contribution is 0.174. The highest BCUT2D eigenvalue weighted by Gasteiger charge is 2.20. The summed E-state index contributed by atoms with van der Waals surface area (Å²) >= 11 is 5.78. The minimum absolute atomic E-state index is 0.0215. The maximum atomic E-state index is 10.7. The summed E-state index contributed by atoms with van der Waals surface area (Å²) in [5, 5.41) is 4.90. The molecule has 0 saturated heterocycles. The molecule has 1 aromatic carbocycles. The Morgan fingerprint density at radius 1 is 1.40 bits per heavy atom. The fraction of sp³-hybridized carbons (Fsp3) is 0.143. The van der Waals surface area contributed by atoms with Crippen LogP contribution < -0.4 is 18.8 Å². The maximum absolute atomic E-state index is 10.7. The Morgan fingerprint density at radius 2 is 2.13 bits per heavy atom. The van der Waals surface area contributed by atoms with Crippen LogP contribution in [0.15, 0.2) is 12.1 Å². The number of fused-ring (bicyclic) bond motifs is 1. The highest BCUT2D eigenvalue weighted by atomic mass is 35.5. The van der Waals surface area contributed by atoms with Crippen LogP contribution in [0, 0.1) is 0 Å². The normalized spacial score (nSPS) is 14.0. The topological polar surface area (TPSA) is 87.9 Å². The van der Waals surface area contributed by atoms with Crippen LogP contribution in [-0.4, -0.2) is 15.2 Å². The Kier molecular flexibility index (Phi) is 2.37. The van der Waals surface area contributed by atoms with E-state index in [0.29, 0.717) is 11.5 Å². The third-order valence-corrected chi connectivity index (χ3v) is 2.32. The van der Waals surface area contributed by atoms with Gasteiger partial charge in [-0.25, -0.2) is 0 Å². The summed E-state index contributed by atoms with van der Waals surface area (Å²) in [4.78, 5) is 0. The van der Waals surface area contributed by atoms with Crippen molar-refractivity contribution < 1.29 is 22.1 Å². The van der Waals surface area contributed by atoms with Gasteiger partial charge in [-0.2, -0.15) is 13.6 Å². The Labute approximate surface area is 90.7 Å².